The molecule has 0 saturated heterocycles. The SMILES string of the molecule is Cc1cc(C)cc(-c2ccc(O)c(C=Nc3ccccc3-c3nc4c(-c5[c-]cccc5)cc(C(C)(C)C)cc4s3)c2)c1.Cc1cc(C)cc(-c2ccc(O)c(C=Nc3ccccc3-c3nc4c(-c5ccccc5)cc(C(C)(C)C)cc4s3)c2)c1.[Pt]. The molecule has 0 atom stereocenters. The van der Waals surface area contributed by atoms with Gasteiger partial charge in [0, 0.05) is 71.5 Å². The number of fused-ring (bicyclic) bond motifs is 2. The summed E-state index contributed by atoms with van der Waals surface area (Å²) in [6.45, 7) is 21.9. The second-order valence-corrected chi connectivity index (χ2v) is 25.8. The van der Waals surface area contributed by atoms with Gasteiger partial charge in [-0.3, -0.25) is 9.98 Å². The Labute approximate surface area is 522 Å². The Balaban J connectivity index is 0.000000187. The van der Waals surface area contributed by atoms with Crippen molar-refractivity contribution in [2.75, 3.05) is 0 Å². The number of nitrogens with zero attached hydrogens (tertiary/aromatic N) is 4. The molecule has 10 aromatic carbocycles. The summed E-state index contributed by atoms with van der Waals surface area (Å²) in [6.07, 6.45) is 3.50. The van der Waals surface area contributed by atoms with Crippen LogP contribution in [0.3, 0.4) is 0 Å². The third kappa shape index (κ3) is 13.6. The fraction of sp³-hybridized carbons (Fsp3) is 0.158. The summed E-state index contributed by atoms with van der Waals surface area (Å²) in [4.78, 5) is 20.1. The van der Waals surface area contributed by atoms with E-state index >= 15 is 0 Å². The molecule has 2 aromatic heterocycles. The van der Waals surface area contributed by atoms with Crippen LogP contribution in [0.1, 0.15) is 86.1 Å². The molecule has 0 fully saturated rings. The number of aryl methyl sites for hydroxylation is 4. The largest absolute Gasteiger partial charge is 0.507 e. The average Bonchev–Trinajstić information content (AvgIpc) is 3.86. The van der Waals surface area contributed by atoms with E-state index < -0.39 is 0 Å². The smallest absolute Gasteiger partial charge is 0.126 e. The Morgan fingerprint density at radius 3 is 1.28 bits per heavy atom. The second kappa shape index (κ2) is 25.1. The van der Waals surface area contributed by atoms with Crippen molar-refractivity contribution < 1.29 is 31.3 Å². The van der Waals surface area contributed by atoms with E-state index in [1.54, 1.807) is 47.2 Å². The summed E-state index contributed by atoms with van der Waals surface area (Å²) >= 11 is 3.38. The van der Waals surface area contributed by atoms with Crippen LogP contribution in [0.25, 0.3) is 86.1 Å². The normalized spacial score (nSPS) is 11.8. The van der Waals surface area contributed by atoms with Crippen molar-refractivity contribution in [2.45, 2.75) is 80.1 Å². The zero-order chi connectivity index (χ0) is 58.9. The predicted octanol–water partition coefficient (Wildman–Crippen LogP) is 21.1. The van der Waals surface area contributed by atoms with E-state index in [2.05, 4.69) is 178 Å². The zero-order valence-electron chi connectivity index (χ0n) is 49.5. The van der Waals surface area contributed by atoms with E-state index in [0.717, 1.165) is 97.5 Å². The van der Waals surface area contributed by atoms with Gasteiger partial charge in [-0.25, -0.2) is 9.97 Å². The second-order valence-electron chi connectivity index (χ2n) is 23.8. The molecule has 0 bridgehead atoms. The fourth-order valence-corrected chi connectivity index (χ4v) is 12.7. The molecule has 85 heavy (non-hydrogen) atoms. The van der Waals surface area contributed by atoms with Crippen LogP contribution in [0.5, 0.6) is 11.5 Å². The molecule has 12 rings (SSSR count). The first-order valence-electron chi connectivity index (χ1n) is 28.3. The van der Waals surface area contributed by atoms with Crippen LogP contribution in [0, 0.1) is 33.8 Å². The van der Waals surface area contributed by atoms with E-state index in [1.165, 1.54) is 33.4 Å². The molecule has 2 heterocycles. The summed E-state index contributed by atoms with van der Waals surface area (Å²) in [6, 6.07) is 71.6. The number of aromatic nitrogens is 2. The molecule has 2 N–H and O–H groups in total. The number of aromatic hydroxyl groups is 2. The monoisotopic (exact) mass is 1330 g/mol. The van der Waals surface area contributed by atoms with Crippen LogP contribution >= 0.6 is 22.7 Å². The van der Waals surface area contributed by atoms with Gasteiger partial charge in [-0.05, 0) is 144 Å². The molecule has 0 aliphatic heterocycles. The van der Waals surface area contributed by atoms with Crippen molar-refractivity contribution in [3.63, 3.8) is 0 Å². The van der Waals surface area contributed by atoms with E-state index in [1.807, 2.05) is 84.9 Å². The molecule has 426 valence electrons. The minimum atomic E-state index is -0.00223. The van der Waals surface area contributed by atoms with Gasteiger partial charge in [0.25, 0.3) is 0 Å². The number of aliphatic imine (C=N–C) groups is 2. The van der Waals surface area contributed by atoms with Gasteiger partial charge in [0.15, 0.2) is 0 Å². The molecule has 0 radical (unpaired) electrons. The van der Waals surface area contributed by atoms with Gasteiger partial charge in [0.1, 0.15) is 21.5 Å². The Morgan fingerprint density at radius 1 is 0.412 bits per heavy atom. The predicted molar refractivity (Wildman–Crippen MR) is 358 cm³/mol. The molecule has 0 aliphatic carbocycles. The molecular formula is C76H67N4O2PtS2-. The van der Waals surface area contributed by atoms with Crippen molar-refractivity contribution >= 4 is 66.9 Å². The third-order valence-corrected chi connectivity index (χ3v) is 17.0. The first kappa shape index (κ1) is 59.8. The van der Waals surface area contributed by atoms with Crippen molar-refractivity contribution in [3.8, 4) is 77.1 Å². The van der Waals surface area contributed by atoms with Crippen LogP contribution in [-0.2, 0) is 31.9 Å². The van der Waals surface area contributed by atoms with Crippen LogP contribution in [0.15, 0.2) is 210 Å². The quantitative estimate of drug-likeness (QED) is 0.105. The summed E-state index contributed by atoms with van der Waals surface area (Å²) in [5.74, 6) is 0.398. The number of benzene rings is 10. The van der Waals surface area contributed by atoms with Crippen molar-refractivity contribution in [2.24, 2.45) is 9.98 Å². The molecule has 0 saturated carbocycles. The Hall–Kier alpha value is -8.39. The maximum absolute atomic E-state index is 10.7. The van der Waals surface area contributed by atoms with E-state index in [-0.39, 0.29) is 43.4 Å². The number of hydrogen-bond acceptors (Lipinski definition) is 8. The summed E-state index contributed by atoms with van der Waals surface area (Å²) in [5.41, 5.74) is 23.0. The Morgan fingerprint density at radius 2 is 0.835 bits per heavy atom. The minimum Gasteiger partial charge on any atom is -0.507 e. The van der Waals surface area contributed by atoms with Crippen molar-refractivity contribution in [3.05, 3.63) is 251 Å². The van der Waals surface area contributed by atoms with Gasteiger partial charge >= 0.3 is 0 Å². The van der Waals surface area contributed by atoms with Gasteiger partial charge in [-0.1, -0.05) is 179 Å². The van der Waals surface area contributed by atoms with Gasteiger partial charge in [0.05, 0.1) is 21.6 Å². The Kier molecular flexibility index (Phi) is 17.6. The number of rotatable bonds is 10. The van der Waals surface area contributed by atoms with E-state index in [0.29, 0.717) is 11.1 Å². The van der Waals surface area contributed by atoms with Crippen LogP contribution in [-0.4, -0.2) is 32.6 Å². The molecule has 0 spiro atoms. The van der Waals surface area contributed by atoms with Crippen LogP contribution in [0.4, 0.5) is 11.4 Å². The summed E-state index contributed by atoms with van der Waals surface area (Å²) in [5, 5.41) is 23.2. The maximum Gasteiger partial charge on any atom is 0.126 e. The molecule has 0 amide bonds. The number of thiazole rings is 2. The van der Waals surface area contributed by atoms with E-state index in [4.69, 9.17) is 20.0 Å². The number of phenols is 2. The number of hydrogen-bond donors (Lipinski definition) is 2. The van der Waals surface area contributed by atoms with Crippen molar-refractivity contribution in [1.82, 2.24) is 9.97 Å². The molecule has 0 unspecified atom stereocenters. The topological polar surface area (TPSA) is 91.0 Å². The average molecular weight is 1330 g/mol. The van der Waals surface area contributed by atoms with Gasteiger partial charge in [0.2, 0.25) is 0 Å². The van der Waals surface area contributed by atoms with Gasteiger partial charge in [-0.15, -0.1) is 58.6 Å². The summed E-state index contributed by atoms with van der Waals surface area (Å²) < 4.78 is 2.30. The first-order chi connectivity index (χ1) is 40.3. The van der Waals surface area contributed by atoms with Crippen molar-refractivity contribution in [1.29, 1.82) is 0 Å². The van der Waals surface area contributed by atoms with Gasteiger partial charge in [-0.2, -0.15) is 0 Å². The first-order valence-corrected chi connectivity index (χ1v) is 30.0. The zero-order valence-corrected chi connectivity index (χ0v) is 53.4. The fourth-order valence-electron chi connectivity index (χ4n) is 10.5. The van der Waals surface area contributed by atoms with Crippen LogP contribution in [0.2, 0.25) is 0 Å². The van der Waals surface area contributed by atoms with E-state index in [9.17, 15) is 10.2 Å². The molecule has 6 nitrogen and oxygen atoms in total. The standard InChI is InChI=1S/C38H34N2OS.C38H33N2OS.Pt/c2*1-24-17-25(2)19-28(18-24)27-15-16-34(41)29(20-27)23-39-33-14-10-9-13-31(33)37-40-36-32(26-11-7-6-8-12-26)21-30(38(3,4)5)22-35(36)42-37;/h6-23,41H,1-5H3;6-11,13-23,41H,1-5H3;/q;-1;. The maximum atomic E-state index is 10.7. The number of phenolic OH excluding ortho intramolecular Hbond substituents is 2. The third-order valence-electron chi connectivity index (χ3n) is 14.9. The molecule has 9 heteroatoms. The van der Waals surface area contributed by atoms with Gasteiger partial charge < -0.3 is 10.2 Å². The number of para-hydroxylation sites is 2. The molecular weight excluding hydrogens is 1260 g/mol. The Bertz CT molecular complexity index is 4140. The molecule has 12 aromatic rings. The summed E-state index contributed by atoms with van der Waals surface area (Å²) in [7, 11) is 0. The minimum absolute atomic E-state index is 0. The molecule has 0 aliphatic rings. The van der Waals surface area contributed by atoms with Crippen LogP contribution < -0.4 is 0 Å².